The summed E-state index contributed by atoms with van der Waals surface area (Å²) in [6.07, 6.45) is 3.86. The summed E-state index contributed by atoms with van der Waals surface area (Å²) in [4.78, 5) is 11.6. The van der Waals surface area contributed by atoms with Crippen LogP contribution in [0, 0.1) is 0 Å². The van der Waals surface area contributed by atoms with Crippen molar-refractivity contribution in [3.8, 4) is 0 Å². The second-order valence-corrected chi connectivity index (χ2v) is 6.48. The molecule has 0 unspecified atom stereocenters. The van der Waals surface area contributed by atoms with Gasteiger partial charge in [0.2, 0.25) is 0 Å². The number of halogens is 1. The smallest absolute Gasteiger partial charge is 0.159 e. The van der Waals surface area contributed by atoms with Gasteiger partial charge in [-0.05, 0) is 47.9 Å². The fourth-order valence-corrected chi connectivity index (χ4v) is 3.28. The fraction of sp³-hybridized carbons (Fsp3) is 0.263. The number of hydrogen-bond acceptors (Lipinski definition) is 3. The van der Waals surface area contributed by atoms with Crippen LogP contribution >= 0.6 is 11.6 Å². The predicted molar refractivity (Wildman–Crippen MR) is 93.7 cm³/mol. The van der Waals surface area contributed by atoms with Crippen LogP contribution in [0.15, 0.2) is 48.7 Å². The number of fused-ring (bicyclic) bond motifs is 2. The van der Waals surface area contributed by atoms with E-state index in [1.807, 2.05) is 24.4 Å². The molecule has 1 aromatic carbocycles. The van der Waals surface area contributed by atoms with Crippen molar-refractivity contribution >= 4 is 22.6 Å². The monoisotopic (exact) mass is 323 g/mol. The maximum Gasteiger partial charge on any atom is 0.159 e. The molecule has 0 saturated carbocycles. The molecule has 3 nitrogen and oxygen atoms in total. The lowest BCUT2D eigenvalue weighted by Gasteiger charge is -2.28. The Labute approximate surface area is 140 Å². The SMILES string of the molecule is Clc1ccc(CCN2CCc3nc4ncccc4cc3C2)cc1. The van der Waals surface area contributed by atoms with Gasteiger partial charge in [0.15, 0.2) is 5.65 Å². The van der Waals surface area contributed by atoms with E-state index in [4.69, 9.17) is 16.6 Å². The molecule has 3 heterocycles. The molecule has 0 spiro atoms. The Hall–Kier alpha value is -1.97. The first kappa shape index (κ1) is 14.6. The van der Waals surface area contributed by atoms with Gasteiger partial charge in [0.1, 0.15) is 0 Å². The van der Waals surface area contributed by atoms with E-state index in [0.717, 1.165) is 48.5 Å². The van der Waals surface area contributed by atoms with E-state index in [9.17, 15) is 0 Å². The topological polar surface area (TPSA) is 29.0 Å². The second kappa shape index (κ2) is 6.26. The number of pyridine rings is 2. The molecule has 0 atom stereocenters. The standard InChI is InChI=1S/C19H18ClN3/c20-17-5-3-14(4-6-17)7-10-23-11-8-18-16(13-23)12-15-2-1-9-21-19(15)22-18/h1-6,9,12H,7-8,10-11,13H2. The lowest BCUT2D eigenvalue weighted by molar-refractivity contribution is 0.255. The van der Waals surface area contributed by atoms with Gasteiger partial charge < -0.3 is 0 Å². The molecule has 0 bridgehead atoms. The van der Waals surface area contributed by atoms with Gasteiger partial charge >= 0.3 is 0 Å². The molecule has 0 N–H and O–H groups in total. The first-order chi connectivity index (χ1) is 11.3. The van der Waals surface area contributed by atoms with Crippen LogP contribution in [0.5, 0.6) is 0 Å². The average Bonchev–Trinajstić information content (AvgIpc) is 2.59. The summed E-state index contributed by atoms with van der Waals surface area (Å²) in [6.45, 7) is 3.10. The quantitative estimate of drug-likeness (QED) is 0.732. The minimum Gasteiger partial charge on any atom is -0.298 e. The highest BCUT2D eigenvalue weighted by molar-refractivity contribution is 6.30. The normalized spacial score (nSPS) is 14.8. The third kappa shape index (κ3) is 3.21. The Morgan fingerprint density at radius 1 is 1.13 bits per heavy atom. The van der Waals surface area contributed by atoms with Gasteiger partial charge in [-0.3, -0.25) is 4.90 Å². The van der Waals surface area contributed by atoms with Crippen LogP contribution in [0.2, 0.25) is 5.02 Å². The molecular formula is C19H18ClN3. The Bertz CT molecular complexity index is 830. The molecular weight excluding hydrogens is 306 g/mol. The van der Waals surface area contributed by atoms with Crippen LogP contribution in [-0.4, -0.2) is 28.0 Å². The van der Waals surface area contributed by atoms with Crippen molar-refractivity contribution in [2.24, 2.45) is 0 Å². The van der Waals surface area contributed by atoms with Crippen molar-refractivity contribution in [2.45, 2.75) is 19.4 Å². The van der Waals surface area contributed by atoms with E-state index in [-0.39, 0.29) is 0 Å². The molecule has 0 saturated heterocycles. The van der Waals surface area contributed by atoms with Crippen molar-refractivity contribution in [3.05, 3.63) is 70.5 Å². The molecule has 0 fully saturated rings. The van der Waals surface area contributed by atoms with Gasteiger partial charge in [-0.15, -0.1) is 0 Å². The van der Waals surface area contributed by atoms with Crippen LogP contribution in [0.3, 0.4) is 0 Å². The van der Waals surface area contributed by atoms with Crippen molar-refractivity contribution in [1.82, 2.24) is 14.9 Å². The van der Waals surface area contributed by atoms with Crippen molar-refractivity contribution in [2.75, 3.05) is 13.1 Å². The van der Waals surface area contributed by atoms with Gasteiger partial charge in [-0.25, -0.2) is 9.97 Å². The van der Waals surface area contributed by atoms with E-state index in [1.54, 1.807) is 0 Å². The molecule has 4 rings (SSSR count). The van der Waals surface area contributed by atoms with Crippen LogP contribution in [0.25, 0.3) is 11.0 Å². The zero-order chi connectivity index (χ0) is 15.6. The Morgan fingerprint density at radius 2 is 2.00 bits per heavy atom. The summed E-state index contributed by atoms with van der Waals surface area (Å²) in [7, 11) is 0. The summed E-state index contributed by atoms with van der Waals surface area (Å²) >= 11 is 5.94. The summed E-state index contributed by atoms with van der Waals surface area (Å²) in [5, 5.41) is 1.93. The third-order valence-electron chi connectivity index (χ3n) is 4.45. The molecule has 2 aromatic heterocycles. The summed E-state index contributed by atoms with van der Waals surface area (Å²) in [5.41, 5.74) is 4.74. The first-order valence-electron chi connectivity index (χ1n) is 7.98. The van der Waals surface area contributed by atoms with Crippen LogP contribution < -0.4 is 0 Å². The summed E-state index contributed by atoms with van der Waals surface area (Å²) in [6, 6.07) is 14.5. The first-order valence-corrected chi connectivity index (χ1v) is 8.36. The highest BCUT2D eigenvalue weighted by Gasteiger charge is 2.18. The van der Waals surface area contributed by atoms with Crippen LogP contribution in [0.4, 0.5) is 0 Å². The molecule has 116 valence electrons. The number of hydrogen-bond donors (Lipinski definition) is 0. The highest BCUT2D eigenvalue weighted by Crippen LogP contribution is 2.21. The van der Waals surface area contributed by atoms with Crippen LogP contribution in [0.1, 0.15) is 16.8 Å². The number of aromatic nitrogens is 2. The summed E-state index contributed by atoms with van der Waals surface area (Å²) in [5.74, 6) is 0. The minimum absolute atomic E-state index is 0.798. The maximum absolute atomic E-state index is 5.94. The van der Waals surface area contributed by atoms with Crippen LogP contribution in [-0.2, 0) is 19.4 Å². The van der Waals surface area contributed by atoms with Gasteiger partial charge in [-0.1, -0.05) is 23.7 Å². The fourth-order valence-electron chi connectivity index (χ4n) is 3.15. The van der Waals surface area contributed by atoms with Crippen molar-refractivity contribution in [1.29, 1.82) is 0 Å². The zero-order valence-electron chi connectivity index (χ0n) is 12.9. The van der Waals surface area contributed by atoms with Gasteiger partial charge in [0, 0.05) is 48.4 Å². The third-order valence-corrected chi connectivity index (χ3v) is 4.70. The minimum atomic E-state index is 0.798. The van der Waals surface area contributed by atoms with E-state index >= 15 is 0 Å². The molecule has 0 radical (unpaired) electrons. The van der Waals surface area contributed by atoms with Gasteiger partial charge in [0.25, 0.3) is 0 Å². The Balaban J connectivity index is 1.47. The van der Waals surface area contributed by atoms with Crippen molar-refractivity contribution < 1.29 is 0 Å². The highest BCUT2D eigenvalue weighted by atomic mass is 35.5. The number of rotatable bonds is 3. The van der Waals surface area contributed by atoms with E-state index in [0.29, 0.717) is 0 Å². The molecule has 4 heteroatoms. The Morgan fingerprint density at radius 3 is 2.87 bits per heavy atom. The second-order valence-electron chi connectivity index (χ2n) is 6.05. The van der Waals surface area contributed by atoms with Gasteiger partial charge in [0.05, 0.1) is 0 Å². The molecule has 23 heavy (non-hydrogen) atoms. The van der Waals surface area contributed by atoms with E-state index < -0.39 is 0 Å². The molecule has 1 aliphatic rings. The van der Waals surface area contributed by atoms with E-state index in [2.05, 4.69) is 34.1 Å². The lowest BCUT2D eigenvalue weighted by atomic mass is 10.0. The number of nitrogens with zero attached hydrogens (tertiary/aromatic N) is 3. The largest absolute Gasteiger partial charge is 0.298 e. The summed E-state index contributed by atoms with van der Waals surface area (Å²) < 4.78 is 0. The average molecular weight is 324 g/mol. The maximum atomic E-state index is 5.94. The molecule has 0 aliphatic carbocycles. The molecule has 3 aromatic rings. The Kier molecular flexibility index (Phi) is 3.98. The molecule has 1 aliphatic heterocycles. The van der Waals surface area contributed by atoms with E-state index in [1.165, 1.54) is 16.8 Å². The predicted octanol–water partition coefficient (Wildman–Crippen LogP) is 3.88. The number of benzene rings is 1. The zero-order valence-corrected chi connectivity index (χ0v) is 13.6. The molecule has 0 amide bonds. The van der Waals surface area contributed by atoms with Gasteiger partial charge in [-0.2, -0.15) is 0 Å². The van der Waals surface area contributed by atoms with Crippen molar-refractivity contribution in [3.63, 3.8) is 0 Å². The lowest BCUT2D eigenvalue weighted by Crippen LogP contribution is -2.32.